The monoisotopic (exact) mass is 289 g/mol. The van der Waals surface area contributed by atoms with Gasteiger partial charge in [0.05, 0.1) is 0 Å². The van der Waals surface area contributed by atoms with Crippen LogP contribution < -0.4 is 16.0 Å². The van der Waals surface area contributed by atoms with Crippen molar-refractivity contribution >= 4 is 17.3 Å². The normalized spacial score (nSPS) is 10.4. The highest BCUT2D eigenvalue weighted by atomic mass is 32.1. The summed E-state index contributed by atoms with van der Waals surface area (Å²) in [6.07, 6.45) is 3.35. The van der Waals surface area contributed by atoms with Crippen molar-refractivity contribution in [2.45, 2.75) is 6.61 Å². The minimum absolute atomic E-state index is 0.187. The minimum Gasteiger partial charge on any atom is -0.458 e. The molecule has 0 aliphatic rings. The van der Waals surface area contributed by atoms with E-state index in [4.69, 9.17) is 10.6 Å². The molecule has 0 bridgehead atoms. The largest absolute Gasteiger partial charge is 0.458 e. The molecule has 0 spiro atoms. The maximum atomic E-state index is 5.54. The summed E-state index contributed by atoms with van der Waals surface area (Å²) >= 11 is 1.60. The van der Waals surface area contributed by atoms with Gasteiger partial charge in [0.1, 0.15) is 6.61 Å². The number of nitrogens with one attached hydrogen (secondary N) is 1. The predicted molar refractivity (Wildman–Crippen MR) is 73.4 cm³/mol. The molecule has 20 heavy (non-hydrogen) atoms. The first-order valence-corrected chi connectivity index (χ1v) is 6.61. The van der Waals surface area contributed by atoms with Gasteiger partial charge in [-0.1, -0.05) is 6.07 Å². The second kappa shape index (κ2) is 5.63. The molecule has 3 rings (SSSR count). The lowest BCUT2D eigenvalue weighted by Crippen LogP contribution is -2.14. The molecule has 8 nitrogen and oxygen atoms in total. The molecule has 3 aromatic rings. The molecule has 0 amide bonds. The first-order chi connectivity index (χ1) is 9.85. The van der Waals surface area contributed by atoms with Gasteiger partial charge in [-0.25, -0.2) is 10.5 Å². The quantitative estimate of drug-likeness (QED) is 0.533. The zero-order valence-corrected chi connectivity index (χ0v) is 11.1. The fourth-order valence-corrected chi connectivity index (χ4v) is 2.11. The Morgan fingerprint density at radius 3 is 2.95 bits per heavy atom. The molecule has 3 heterocycles. The van der Waals surface area contributed by atoms with Gasteiger partial charge in [-0.05, 0) is 17.5 Å². The van der Waals surface area contributed by atoms with Crippen molar-refractivity contribution in [2.75, 3.05) is 5.43 Å². The lowest BCUT2D eigenvalue weighted by atomic mass is 10.5. The fourth-order valence-electron chi connectivity index (χ4n) is 1.49. The summed E-state index contributed by atoms with van der Waals surface area (Å²) in [5.41, 5.74) is 2.38. The number of thiophene rings is 1. The number of aromatic nitrogens is 5. The van der Waals surface area contributed by atoms with E-state index in [2.05, 4.69) is 25.5 Å². The Labute approximate surface area is 118 Å². The van der Waals surface area contributed by atoms with E-state index in [9.17, 15) is 0 Å². The third-order valence-corrected chi connectivity index (χ3v) is 3.22. The molecule has 0 saturated heterocycles. The number of anilines is 1. The van der Waals surface area contributed by atoms with E-state index < -0.39 is 0 Å². The first-order valence-electron chi connectivity index (χ1n) is 5.73. The molecule has 0 aromatic carbocycles. The number of nitrogens with two attached hydrogens (primary N) is 1. The second-order valence-corrected chi connectivity index (χ2v) is 4.74. The average Bonchev–Trinajstić information content (AvgIpc) is 3.17. The molecule has 0 radical (unpaired) electrons. The van der Waals surface area contributed by atoms with E-state index in [0.29, 0.717) is 12.6 Å². The molecule has 0 atom stereocenters. The van der Waals surface area contributed by atoms with Crippen LogP contribution in [-0.2, 0) is 6.61 Å². The molecule has 0 aliphatic heterocycles. The van der Waals surface area contributed by atoms with Crippen molar-refractivity contribution < 1.29 is 4.74 Å². The van der Waals surface area contributed by atoms with Crippen LogP contribution in [0.3, 0.4) is 0 Å². The van der Waals surface area contributed by atoms with Crippen molar-refractivity contribution in [2.24, 2.45) is 5.84 Å². The van der Waals surface area contributed by atoms with Crippen molar-refractivity contribution in [1.82, 2.24) is 24.7 Å². The number of rotatable bonds is 5. The highest BCUT2D eigenvalue weighted by Gasteiger charge is 2.09. The van der Waals surface area contributed by atoms with Gasteiger partial charge < -0.3 is 4.74 Å². The Bertz CT molecular complexity index is 668. The van der Waals surface area contributed by atoms with Crippen LogP contribution >= 0.6 is 11.3 Å². The van der Waals surface area contributed by atoms with E-state index in [0.717, 1.165) is 4.88 Å². The van der Waals surface area contributed by atoms with Crippen molar-refractivity contribution in [3.8, 4) is 12.0 Å². The van der Waals surface area contributed by atoms with E-state index in [1.54, 1.807) is 29.8 Å². The van der Waals surface area contributed by atoms with E-state index >= 15 is 0 Å². The summed E-state index contributed by atoms with van der Waals surface area (Å²) in [4.78, 5) is 13.4. The van der Waals surface area contributed by atoms with Gasteiger partial charge in [0.2, 0.25) is 5.95 Å². The Balaban J connectivity index is 1.84. The number of hydrogen-bond acceptors (Lipinski definition) is 8. The molecule has 0 unspecified atom stereocenters. The molecule has 0 aliphatic carbocycles. The molecule has 0 saturated carbocycles. The maximum Gasteiger partial charge on any atom is 0.323 e. The van der Waals surface area contributed by atoms with Crippen LogP contribution in [0.15, 0.2) is 36.0 Å². The molecule has 3 N–H and O–H groups in total. The average molecular weight is 289 g/mol. The summed E-state index contributed by atoms with van der Waals surface area (Å²) in [6.45, 7) is 0.393. The molecule has 9 heteroatoms. The van der Waals surface area contributed by atoms with Crippen LogP contribution in [0.25, 0.3) is 5.95 Å². The second-order valence-electron chi connectivity index (χ2n) is 3.70. The summed E-state index contributed by atoms with van der Waals surface area (Å²) < 4.78 is 7.04. The van der Waals surface area contributed by atoms with Crippen LogP contribution in [0.1, 0.15) is 4.88 Å². The van der Waals surface area contributed by atoms with Crippen LogP contribution in [0, 0.1) is 0 Å². The number of hydrazine groups is 1. The molecule has 0 fully saturated rings. The van der Waals surface area contributed by atoms with Crippen LogP contribution in [0.4, 0.5) is 5.95 Å². The highest BCUT2D eigenvalue weighted by molar-refractivity contribution is 7.09. The lowest BCUT2D eigenvalue weighted by molar-refractivity contribution is 0.283. The number of nitrogens with zero attached hydrogens (tertiary/aromatic N) is 5. The number of ether oxygens (including phenoxy) is 1. The van der Waals surface area contributed by atoms with Crippen molar-refractivity contribution in [3.63, 3.8) is 0 Å². The fraction of sp³-hybridized carbons (Fsp3) is 0.0909. The van der Waals surface area contributed by atoms with Gasteiger partial charge in [0.15, 0.2) is 0 Å². The van der Waals surface area contributed by atoms with Gasteiger partial charge in [-0.3, -0.25) is 5.43 Å². The third kappa shape index (κ3) is 2.73. The number of hydrogen-bond donors (Lipinski definition) is 2. The topological polar surface area (TPSA) is 104 Å². The van der Waals surface area contributed by atoms with Crippen LogP contribution in [0.2, 0.25) is 0 Å². The SMILES string of the molecule is NNc1nc(OCc2cccs2)nc(-n2cccn2)n1. The van der Waals surface area contributed by atoms with Crippen molar-refractivity contribution in [1.29, 1.82) is 0 Å². The zero-order valence-electron chi connectivity index (χ0n) is 10.3. The lowest BCUT2D eigenvalue weighted by Gasteiger charge is -2.07. The number of nitrogen functional groups attached to an aromatic ring is 1. The van der Waals surface area contributed by atoms with Crippen molar-refractivity contribution in [3.05, 3.63) is 40.8 Å². The summed E-state index contributed by atoms with van der Waals surface area (Å²) in [5, 5.41) is 6.04. The van der Waals surface area contributed by atoms with Gasteiger partial charge in [0.25, 0.3) is 5.95 Å². The Morgan fingerprint density at radius 1 is 1.30 bits per heavy atom. The summed E-state index contributed by atoms with van der Waals surface area (Å²) in [7, 11) is 0. The molecular formula is C11H11N7OS. The van der Waals surface area contributed by atoms with E-state index in [-0.39, 0.29) is 12.0 Å². The molecular weight excluding hydrogens is 278 g/mol. The van der Waals surface area contributed by atoms with Gasteiger partial charge in [-0.2, -0.15) is 20.1 Å². The molecule has 3 aromatic heterocycles. The summed E-state index contributed by atoms with van der Waals surface area (Å²) in [5.74, 6) is 5.89. The predicted octanol–water partition coefficient (Wildman–Crippen LogP) is 0.983. The standard InChI is InChI=1S/C11H11N7OS/c12-17-9-14-10(18-5-2-4-13-18)16-11(15-9)19-7-8-3-1-6-20-8/h1-6H,7,12H2,(H,14,15,16,17). The Hall–Kier alpha value is -2.52. The van der Waals surface area contributed by atoms with Crippen LogP contribution in [-0.4, -0.2) is 24.7 Å². The summed E-state index contributed by atoms with van der Waals surface area (Å²) in [6, 6.07) is 5.89. The molecule has 102 valence electrons. The minimum atomic E-state index is 0.187. The Kier molecular flexibility index (Phi) is 3.52. The highest BCUT2D eigenvalue weighted by Crippen LogP contribution is 2.14. The van der Waals surface area contributed by atoms with E-state index in [1.807, 2.05) is 17.5 Å². The van der Waals surface area contributed by atoms with E-state index in [1.165, 1.54) is 4.68 Å². The third-order valence-electron chi connectivity index (χ3n) is 2.37. The van der Waals surface area contributed by atoms with Gasteiger partial charge in [0, 0.05) is 17.3 Å². The zero-order chi connectivity index (χ0) is 13.8. The smallest absolute Gasteiger partial charge is 0.323 e. The Morgan fingerprint density at radius 2 is 2.25 bits per heavy atom. The van der Waals surface area contributed by atoms with Crippen LogP contribution in [0.5, 0.6) is 6.01 Å². The van der Waals surface area contributed by atoms with Gasteiger partial charge in [-0.15, -0.1) is 11.3 Å². The van der Waals surface area contributed by atoms with Gasteiger partial charge >= 0.3 is 6.01 Å². The first kappa shape index (κ1) is 12.5. The maximum absolute atomic E-state index is 5.54.